The molecular weight excluding hydrogens is 290 g/mol. The molecule has 1 fully saturated rings. The summed E-state index contributed by atoms with van der Waals surface area (Å²) in [6.07, 6.45) is 4.70. The SMILES string of the molecule is O=C([O-])CCN1C(=O)S/C(=C/C=C/c2ccccc2)C1=O. The zero-order valence-electron chi connectivity index (χ0n) is 11.0. The van der Waals surface area contributed by atoms with Crippen LogP contribution in [0, 0.1) is 0 Å². The lowest BCUT2D eigenvalue weighted by Crippen LogP contribution is -2.33. The van der Waals surface area contributed by atoms with Gasteiger partial charge in [-0.15, -0.1) is 0 Å². The van der Waals surface area contributed by atoms with Crippen molar-refractivity contribution in [3.63, 3.8) is 0 Å². The lowest BCUT2D eigenvalue weighted by molar-refractivity contribution is -0.305. The largest absolute Gasteiger partial charge is 0.550 e. The van der Waals surface area contributed by atoms with E-state index in [1.165, 1.54) is 0 Å². The van der Waals surface area contributed by atoms with E-state index in [2.05, 4.69) is 0 Å². The Labute approximate surface area is 125 Å². The summed E-state index contributed by atoms with van der Waals surface area (Å²) in [6, 6.07) is 9.52. The van der Waals surface area contributed by atoms with E-state index in [0.717, 1.165) is 22.2 Å². The van der Waals surface area contributed by atoms with Gasteiger partial charge in [0.25, 0.3) is 11.1 Å². The van der Waals surface area contributed by atoms with Gasteiger partial charge in [-0.05, 0) is 23.4 Å². The van der Waals surface area contributed by atoms with E-state index in [4.69, 9.17) is 0 Å². The van der Waals surface area contributed by atoms with Crippen molar-refractivity contribution >= 4 is 35.0 Å². The molecule has 5 nitrogen and oxygen atoms in total. The van der Waals surface area contributed by atoms with E-state index in [-0.39, 0.29) is 17.9 Å². The number of aliphatic carboxylic acids is 1. The van der Waals surface area contributed by atoms with E-state index in [1.807, 2.05) is 36.4 Å². The van der Waals surface area contributed by atoms with E-state index in [0.29, 0.717) is 0 Å². The van der Waals surface area contributed by atoms with Crippen LogP contribution in [0.4, 0.5) is 4.79 Å². The van der Waals surface area contributed by atoms with Crippen molar-refractivity contribution in [3.05, 3.63) is 53.0 Å². The predicted molar refractivity (Wildman–Crippen MR) is 77.9 cm³/mol. The quantitative estimate of drug-likeness (QED) is 0.769. The standard InChI is InChI=1S/C15H13NO4S/c17-13(18)9-10-16-14(19)12(21-15(16)20)8-4-7-11-5-2-1-3-6-11/h1-8H,9-10H2,(H,17,18)/p-1/b7-4+,12-8+. The number of carbonyl (C=O) groups is 3. The number of carbonyl (C=O) groups excluding carboxylic acids is 3. The summed E-state index contributed by atoms with van der Waals surface area (Å²) >= 11 is 0.803. The highest BCUT2D eigenvalue weighted by Crippen LogP contribution is 2.30. The van der Waals surface area contributed by atoms with Gasteiger partial charge in [-0.2, -0.15) is 0 Å². The van der Waals surface area contributed by atoms with Crippen LogP contribution in [0.15, 0.2) is 47.4 Å². The molecule has 0 saturated carbocycles. The summed E-state index contributed by atoms with van der Waals surface area (Å²) in [4.78, 5) is 35.2. The molecule has 1 aliphatic rings. The van der Waals surface area contributed by atoms with E-state index < -0.39 is 17.1 Å². The van der Waals surface area contributed by atoms with Crippen LogP contribution in [0.3, 0.4) is 0 Å². The Bertz CT molecular complexity index is 622. The molecule has 2 amide bonds. The highest BCUT2D eigenvalue weighted by molar-refractivity contribution is 8.18. The van der Waals surface area contributed by atoms with Crippen LogP contribution in [0.1, 0.15) is 12.0 Å². The number of hydrogen-bond acceptors (Lipinski definition) is 5. The Hall–Kier alpha value is -2.34. The molecule has 2 rings (SSSR count). The second kappa shape index (κ2) is 6.90. The van der Waals surface area contributed by atoms with Gasteiger partial charge in [0.15, 0.2) is 0 Å². The van der Waals surface area contributed by atoms with Crippen molar-refractivity contribution in [2.24, 2.45) is 0 Å². The van der Waals surface area contributed by atoms with Gasteiger partial charge >= 0.3 is 0 Å². The Kier molecular flexibility index (Phi) is 4.94. The van der Waals surface area contributed by atoms with Gasteiger partial charge in [-0.25, -0.2) is 0 Å². The van der Waals surface area contributed by atoms with Crippen LogP contribution in [-0.4, -0.2) is 28.6 Å². The summed E-state index contributed by atoms with van der Waals surface area (Å²) in [6.45, 7) is -0.160. The van der Waals surface area contributed by atoms with Gasteiger partial charge in [-0.1, -0.05) is 42.5 Å². The number of allylic oxidation sites excluding steroid dienone is 2. The molecule has 1 heterocycles. The Morgan fingerprint density at radius 1 is 1.24 bits per heavy atom. The van der Waals surface area contributed by atoms with Crippen molar-refractivity contribution in [1.29, 1.82) is 0 Å². The van der Waals surface area contributed by atoms with Gasteiger partial charge in [0.05, 0.1) is 4.91 Å². The smallest absolute Gasteiger partial charge is 0.293 e. The third-order valence-corrected chi connectivity index (χ3v) is 3.67. The molecule has 0 radical (unpaired) electrons. The number of thioether (sulfide) groups is 1. The lowest BCUT2D eigenvalue weighted by atomic mass is 10.2. The monoisotopic (exact) mass is 302 g/mol. The number of benzene rings is 1. The highest BCUT2D eigenvalue weighted by atomic mass is 32.2. The van der Waals surface area contributed by atoms with Crippen LogP contribution in [0.2, 0.25) is 0 Å². The molecule has 1 aromatic rings. The first-order valence-corrected chi connectivity index (χ1v) is 7.06. The molecule has 108 valence electrons. The number of rotatable bonds is 5. The van der Waals surface area contributed by atoms with Gasteiger partial charge in [-0.3, -0.25) is 14.5 Å². The normalized spacial score (nSPS) is 17.1. The molecular formula is C15H12NO4S-. The van der Waals surface area contributed by atoms with Crippen molar-refractivity contribution in [2.45, 2.75) is 6.42 Å². The number of amides is 2. The summed E-state index contributed by atoms with van der Waals surface area (Å²) < 4.78 is 0. The van der Waals surface area contributed by atoms with E-state index in [9.17, 15) is 19.5 Å². The topological polar surface area (TPSA) is 77.5 Å². The lowest BCUT2D eigenvalue weighted by Gasteiger charge is -2.11. The summed E-state index contributed by atoms with van der Waals surface area (Å²) in [5.41, 5.74) is 0.977. The first-order valence-electron chi connectivity index (χ1n) is 6.25. The van der Waals surface area contributed by atoms with Crippen LogP contribution >= 0.6 is 11.8 Å². The second-order valence-electron chi connectivity index (χ2n) is 4.25. The van der Waals surface area contributed by atoms with E-state index >= 15 is 0 Å². The third kappa shape index (κ3) is 4.06. The minimum absolute atomic E-state index is 0.160. The molecule has 0 aliphatic carbocycles. The highest BCUT2D eigenvalue weighted by Gasteiger charge is 2.34. The zero-order valence-corrected chi connectivity index (χ0v) is 11.8. The Morgan fingerprint density at radius 3 is 2.62 bits per heavy atom. The van der Waals surface area contributed by atoms with Gasteiger partial charge in [0, 0.05) is 18.9 Å². The Morgan fingerprint density at radius 2 is 1.95 bits per heavy atom. The first kappa shape index (κ1) is 15.1. The van der Waals surface area contributed by atoms with Crippen LogP contribution in [-0.2, 0) is 9.59 Å². The molecule has 0 N–H and O–H groups in total. The summed E-state index contributed by atoms with van der Waals surface area (Å²) in [5, 5.41) is 9.93. The molecule has 21 heavy (non-hydrogen) atoms. The zero-order chi connectivity index (χ0) is 15.2. The molecule has 0 aromatic heterocycles. The van der Waals surface area contributed by atoms with Gasteiger partial charge in [0.2, 0.25) is 0 Å². The van der Waals surface area contributed by atoms with Crippen LogP contribution < -0.4 is 5.11 Å². The molecule has 1 aromatic carbocycles. The fourth-order valence-electron chi connectivity index (χ4n) is 1.72. The van der Waals surface area contributed by atoms with Crippen molar-refractivity contribution < 1.29 is 19.5 Å². The fraction of sp³-hybridized carbons (Fsp3) is 0.133. The minimum atomic E-state index is -1.29. The van der Waals surface area contributed by atoms with Crippen LogP contribution in [0.25, 0.3) is 6.08 Å². The maximum Gasteiger partial charge on any atom is 0.293 e. The third-order valence-electron chi connectivity index (χ3n) is 2.75. The van der Waals surface area contributed by atoms with Crippen molar-refractivity contribution in [2.75, 3.05) is 6.54 Å². The average molecular weight is 302 g/mol. The fourth-order valence-corrected chi connectivity index (χ4v) is 2.54. The summed E-state index contributed by atoms with van der Waals surface area (Å²) in [7, 11) is 0. The number of carboxylic acid groups (broad SMARTS) is 1. The number of imide groups is 1. The average Bonchev–Trinajstić information content (AvgIpc) is 2.72. The number of nitrogens with zero attached hydrogens (tertiary/aromatic N) is 1. The van der Waals surface area contributed by atoms with Gasteiger partial charge in [0.1, 0.15) is 0 Å². The minimum Gasteiger partial charge on any atom is -0.550 e. The van der Waals surface area contributed by atoms with Gasteiger partial charge < -0.3 is 9.90 Å². The molecule has 0 atom stereocenters. The number of hydrogen-bond donors (Lipinski definition) is 0. The number of carboxylic acids is 1. The second-order valence-corrected chi connectivity index (χ2v) is 5.24. The van der Waals surface area contributed by atoms with E-state index in [1.54, 1.807) is 12.2 Å². The van der Waals surface area contributed by atoms with Crippen molar-refractivity contribution in [1.82, 2.24) is 4.90 Å². The maximum atomic E-state index is 11.9. The molecule has 0 bridgehead atoms. The molecule has 6 heteroatoms. The first-order chi connectivity index (χ1) is 10.1. The predicted octanol–water partition coefficient (Wildman–Crippen LogP) is 1.42. The van der Waals surface area contributed by atoms with Crippen LogP contribution in [0.5, 0.6) is 0 Å². The van der Waals surface area contributed by atoms with Crippen molar-refractivity contribution in [3.8, 4) is 0 Å². The summed E-state index contributed by atoms with van der Waals surface area (Å²) in [5.74, 6) is -1.76. The molecule has 1 saturated heterocycles. The molecule has 0 spiro atoms. The Balaban J connectivity index is 2.03. The molecule has 0 unspecified atom stereocenters. The maximum absolute atomic E-state index is 11.9. The molecule has 1 aliphatic heterocycles.